The summed E-state index contributed by atoms with van der Waals surface area (Å²) in [7, 11) is 0. The number of rotatable bonds is 4. The Morgan fingerprint density at radius 1 is 1.17 bits per heavy atom. The van der Waals surface area contributed by atoms with Gasteiger partial charge < -0.3 is 10.1 Å². The fraction of sp³-hybridized carbons (Fsp3) is 0.458. The second-order valence-electron chi connectivity index (χ2n) is 8.52. The number of hydrogen-bond donors (Lipinski definition) is 1. The Balaban J connectivity index is 1.59. The van der Waals surface area contributed by atoms with Gasteiger partial charge in [0.1, 0.15) is 11.8 Å². The summed E-state index contributed by atoms with van der Waals surface area (Å²) in [6.45, 7) is 4.79. The molecule has 1 aliphatic heterocycles. The first kappa shape index (κ1) is 20.5. The Hall–Kier alpha value is -2.73. The summed E-state index contributed by atoms with van der Waals surface area (Å²) in [5.41, 5.74) is 1.82. The molecule has 2 fully saturated rings. The van der Waals surface area contributed by atoms with Gasteiger partial charge >= 0.3 is 0 Å². The van der Waals surface area contributed by atoms with Gasteiger partial charge in [0.2, 0.25) is 5.91 Å². The van der Waals surface area contributed by atoms with Crippen LogP contribution in [-0.4, -0.2) is 40.1 Å². The normalized spacial score (nSPS) is 26.0. The summed E-state index contributed by atoms with van der Waals surface area (Å²) in [6, 6.07) is 10.7. The fourth-order valence-electron chi connectivity index (χ4n) is 4.53. The van der Waals surface area contributed by atoms with Crippen molar-refractivity contribution in [1.82, 2.24) is 15.2 Å². The molecule has 2 heterocycles. The predicted octanol–water partition coefficient (Wildman–Crippen LogP) is 3.45. The third kappa shape index (κ3) is 3.97. The zero-order valence-electron chi connectivity index (χ0n) is 17.6. The van der Waals surface area contributed by atoms with Crippen LogP contribution in [0.5, 0.6) is 0 Å². The highest BCUT2D eigenvalue weighted by molar-refractivity contribution is 5.99. The van der Waals surface area contributed by atoms with Crippen LogP contribution in [0.2, 0.25) is 0 Å². The van der Waals surface area contributed by atoms with Crippen LogP contribution in [0.4, 0.5) is 0 Å². The second-order valence-corrected chi connectivity index (χ2v) is 8.52. The van der Waals surface area contributed by atoms with Gasteiger partial charge in [-0.2, -0.15) is 0 Å². The molecule has 1 saturated carbocycles. The summed E-state index contributed by atoms with van der Waals surface area (Å²) in [4.78, 5) is 32.6. The molecule has 1 unspecified atom stereocenters. The van der Waals surface area contributed by atoms with E-state index in [-0.39, 0.29) is 18.4 Å². The van der Waals surface area contributed by atoms with Crippen molar-refractivity contribution in [3.63, 3.8) is 0 Å². The second kappa shape index (κ2) is 8.56. The van der Waals surface area contributed by atoms with E-state index in [2.05, 4.69) is 17.2 Å². The van der Waals surface area contributed by atoms with Crippen LogP contribution in [0.25, 0.3) is 0 Å². The third-order valence-corrected chi connectivity index (χ3v) is 6.43. The first-order chi connectivity index (χ1) is 14.5. The van der Waals surface area contributed by atoms with Crippen molar-refractivity contribution in [2.45, 2.75) is 57.8 Å². The highest BCUT2D eigenvalue weighted by Crippen LogP contribution is 2.43. The number of aromatic nitrogens is 1. The van der Waals surface area contributed by atoms with Gasteiger partial charge in [-0.1, -0.05) is 25.1 Å². The molecule has 1 aliphatic carbocycles. The number of amides is 2. The molecule has 1 aromatic carbocycles. The number of hydrogen-bond acceptors (Lipinski definition) is 4. The molecule has 1 saturated heterocycles. The van der Waals surface area contributed by atoms with E-state index in [0.717, 1.165) is 36.8 Å². The number of benzene rings is 1. The number of carbonyl (C=O) groups excluding carboxylic acids is 2. The lowest BCUT2D eigenvalue weighted by Crippen LogP contribution is -2.56. The van der Waals surface area contributed by atoms with Gasteiger partial charge in [-0.25, -0.2) is 0 Å². The predicted molar refractivity (Wildman–Crippen MR) is 114 cm³/mol. The van der Waals surface area contributed by atoms with E-state index in [4.69, 9.17) is 4.74 Å². The van der Waals surface area contributed by atoms with Gasteiger partial charge in [0.15, 0.2) is 0 Å². The molecule has 1 atom stereocenters. The Kier molecular flexibility index (Phi) is 5.86. The molecule has 2 aliphatic rings. The highest BCUT2D eigenvalue weighted by Gasteiger charge is 2.53. The molecule has 0 radical (unpaired) electrons. The minimum atomic E-state index is -0.690. The van der Waals surface area contributed by atoms with Crippen molar-refractivity contribution in [2.75, 3.05) is 6.61 Å². The number of ether oxygens (including phenoxy) is 1. The van der Waals surface area contributed by atoms with Gasteiger partial charge in [0.25, 0.3) is 5.91 Å². The van der Waals surface area contributed by atoms with E-state index in [1.807, 2.05) is 43.3 Å². The van der Waals surface area contributed by atoms with Gasteiger partial charge in [0, 0.05) is 24.5 Å². The van der Waals surface area contributed by atoms with Crippen LogP contribution < -0.4 is 5.32 Å². The van der Waals surface area contributed by atoms with Crippen molar-refractivity contribution < 1.29 is 14.3 Å². The molecule has 4 rings (SSSR count). The Morgan fingerprint density at radius 2 is 1.87 bits per heavy atom. The summed E-state index contributed by atoms with van der Waals surface area (Å²) in [5.74, 6) is 0.308. The fourth-order valence-corrected chi connectivity index (χ4v) is 4.53. The van der Waals surface area contributed by atoms with Crippen molar-refractivity contribution in [3.8, 4) is 0 Å². The molecule has 1 N–H and O–H groups in total. The minimum Gasteiger partial charge on any atom is -0.353 e. The summed E-state index contributed by atoms with van der Waals surface area (Å²) >= 11 is 0. The van der Waals surface area contributed by atoms with Crippen molar-refractivity contribution in [3.05, 3.63) is 65.5 Å². The largest absolute Gasteiger partial charge is 0.353 e. The van der Waals surface area contributed by atoms with E-state index < -0.39 is 11.8 Å². The first-order valence-corrected chi connectivity index (χ1v) is 10.7. The van der Waals surface area contributed by atoms with Crippen molar-refractivity contribution in [2.24, 2.45) is 5.92 Å². The number of nitrogens with zero attached hydrogens (tertiary/aromatic N) is 2. The smallest absolute Gasteiger partial charge is 0.257 e. The van der Waals surface area contributed by atoms with Gasteiger partial charge in [-0.05, 0) is 67.9 Å². The number of aryl methyl sites for hydroxylation is 1. The maximum Gasteiger partial charge on any atom is 0.257 e. The lowest BCUT2D eigenvalue weighted by Gasteiger charge is -2.43. The Bertz CT molecular complexity index is 907. The molecule has 1 aromatic heterocycles. The van der Waals surface area contributed by atoms with Crippen LogP contribution in [0.15, 0.2) is 48.8 Å². The summed E-state index contributed by atoms with van der Waals surface area (Å²) in [5, 5.41) is 2.98. The topological polar surface area (TPSA) is 71.5 Å². The molecular weight excluding hydrogens is 378 g/mol. The lowest BCUT2D eigenvalue weighted by atomic mass is 9.83. The van der Waals surface area contributed by atoms with Crippen LogP contribution in [0.3, 0.4) is 0 Å². The first-order valence-electron chi connectivity index (χ1n) is 10.7. The molecule has 2 aromatic rings. The van der Waals surface area contributed by atoms with E-state index in [9.17, 15) is 9.59 Å². The summed E-state index contributed by atoms with van der Waals surface area (Å²) in [6.07, 6.45) is 6.91. The van der Waals surface area contributed by atoms with Gasteiger partial charge in [-0.15, -0.1) is 0 Å². The maximum absolute atomic E-state index is 13.7. The van der Waals surface area contributed by atoms with E-state index >= 15 is 0 Å². The summed E-state index contributed by atoms with van der Waals surface area (Å²) < 4.78 is 6.24. The molecule has 6 nitrogen and oxygen atoms in total. The average Bonchev–Trinajstić information content (AvgIpc) is 3.14. The van der Waals surface area contributed by atoms with Gasteiger partial charge in [0.05, 0.1) is 6.61 Å². The lowest BCUT2D eigenvalue weighted by molar-refractivity contribution is -0.128. The van der Waals surface area contributed by atoms with Gasteiger partial charge in [-0.3, -0.25) is 19.5 Å². The molecule has 30 heavy (non-hydrogen) atoms. The van der Waals surface area contributed by atoms with Crippen LogP contribution in [-0.2, 0) is 16.1 Å². The monoisotopic (exact) mass is 407 g/mol. The SMILES string of the molecule is Cc1ccccc1C(=O)N1C(C(=O)NCc2ccncc2)COC12CCC(C)CC2. The molecule has 2 amide bonds. The van der Waals surface area contributed by atoms with E-state index in [1.54, 1.807) is 17.3 Å². The maximum atomic E-state index is 13.7. The Morgan fingerprint density at radius 3 is 2.57 bits per heavy atom. The molecular formula is C24H29N3O3. The molecule has 0 bridgehead atoms. The standard InChI is InChI=1S/C24H29N3O3/c1-17-7-11-24(12-8-17)27(23(29)20-6-4-3-5-18(20)2)21(16-30-24)22(28)26-15-19-9-13-25-14-10-19/h3-6,9-10,13-14,17,21H,7-8,11-12,15-16H2,1-2H3,(H,26,28). The number of pyridine rings is 1. The van der Waals surface area contributed by atoms with Crippen molar-refractivity contribution in [1.29, 1.82) is 0 Å². The molecule has 158 valence electrons. The quantitative estimate of drug-likeness (QED) is 0.843. The zero-order chi connectivity index (χ0) is 21.1. The van der Waals surface area contributed by atoms with Crippen LogP contribution in [0, 0.1) is 12.8 Å². The number of nitrogens with one attached hydrogen (secondary N) is 1. The Labute approximate surface area is 177 Å². The molecule has 1 spiro atoms. The van der Waals surface area contributed by atoms with E-state index in [1.165, 1.54) is 0 Å². The average molecular weight is 408 g/mol. The third-order valence-electron chi connectivity index (χ3n) is 6.43. The minimum absolute atomic E-state index is 0.121. The number of carbonyl (C=O) groups is 2. The van der Waals surface area contributed by atoms with E-state index in [0.29, 0.717) is 18.0 Å². The highest BCUT2D eigenvalue weighted by atomic mass is 16.5. The van der Waals surface area contributed by atoms with Crippen LogP contribution >= 0.6 is 0 Å². The zero-order valence-corrected chi connectivity index (χ0v) is 17.6. The van der Waals surface area contributed by atoms with Crippen molar-refractivity contribution >= 4 is 11.8 Å². The van der Waals surface area contributed by atoms with Crippen LogP contribution in [0.1, 0.15) is 54.1 Å². The molecule has 6 heteroatoms.